The Labute approximate surface area is 106 Å². The maximum Gasteiger partial charge on any atom is 0.125 e. The van der Waals surface area contributed by atoms with Crippen molar-refractivity contribution in [3.8, 4) is 0 Å². The van der Waals surface area contributed by atoms with Gasteiger partial charge in [0.2, 0.25) is 0 Å². The maximum absolute atomic E-state index is 4.32. The summed E-state index contributed by atoms with van der Waals surface area (Å²) >= 11 is 3.38. The fraction of sp³-hybridized carbons (Fsp3) is 0.615. The molecule has 0 bridgehead atoms. The fourth-order valence-corrected chi connectivity index (χ4v) is 2.77. The Kier molecular flexibility index (Phi) is 2.77. The van der Waals surface area contributed by atoms with Crippen molar-refractivity contribution in [3.63, 3.8) is 0 Å². The van der Waals surface area contributed by atoms with Crippen molar-refractivity contribution in [1.29, 1.82) is 0 Å². The average molecular weight is 283 g/mol. The maximum atomic E-state index is 4.32. The third kappa shape index (κ3) is 1.86. The van der Waals surface area contributed by atoms with Gasteiger partial charge >= 0.3 is 0 Å². The Morgan fingerprint density at radius 3 is 2.31 bits per heavy atom. The first kappa shape index (κ1) is 11.9. The van der Waals surface area contributed by atoms with E-state index in [0.717, 1.165) is 22.8 Å². The number of nitrogens with zero attached hydrogens (tertiary/aromatic N) is 1. The number of aromatic nitrogens is 1. The minimum atomic E-state index is 0.440. The van der Waals surface area contributed by atoms with E-state index in [1.807, 2.05) is 18.3 Å². The van der Waals surface area contributed by atoms with E-state index in [4.69, 9.17) is 0 Å². The standard InChI is InChI=1S/C13H19BrN2/c1-12(2)10(13(12,3)4)8-16-11-6-5-9(14)7-15-11/h5-7,10H,8H2,1-4H3,(H,15,16). The summed E-state index contributed by atoms with van der Waals surface area (Å²) in [6, 6.07) is 4.02. The van der Waals surface area contributed by atoms with E-state index in [0.29, 0.717) is 10.8 Å². The molecule has 88 valence electrons. The van der Waals surface area contributed by atoms with Crippen molar-refractivity contribution in [2.24, 2.45) is 16.7 Å². The van der Waals surface area contributed by atoms with E-state index in [9.17, 15) is 0 Å². The topological polar surface area (TPSA) is 24.9 Å². The number of nitrogens with one attached hydrogen (secondary N) is 1. The van der Waals surface area contributed by atoms with E-state index in [1.165, 1.54) is 0 Å². The lowest BCUT2D eigenvalue weighted by atomic mass is 10.0. The highest BCUT2D eigenvalue weighted by Gasteiger charge is 2.64. The van der Waals surface area contributed by atoms with E-state index in [2.05, 4.69) is 53.9 Å². The molecule has 1 fully saturated rings. The minimum absolute atomic E-state index is 0.440. The van der Waals surface area contributed by atoms with Crippen molar-refractivity contribution >= 4 is 21.7 Å². The minimum Gasteiger partial charge on any atom is -0.370 e. The van der Waals surface area contributed by atoms with Gasteiger partial charge in [0.05, 0.1) is 0 Å². The lowest BCUT2D eigenvalue weighted by Crippen LogP contribution is -2.08. The highest BCUT2D eigenvalue weighted by molar-refractivity contribution is 9.10. The number of rotatable bonds is 3. The molecule has 3 heteroatoms. The van der Waals surface area contributed by atoms with Crippen LogP contribution < -0.4 is 5.32 Å². The molecule has 2 rings (SSSR count). The first-order valence-corrected chi connectivity index (χ1v) is 6.50. The second-order valence-electron chi connectivity index (χ2n) is 5.74. The molecule has 0 radical (unpaired) electrons. The molecule has 16 heavy (non-hydrogen) atoms. The van der Waals surface area contributed by atoms with E-state index in [-0.39, 0.29) is 0 Å². The molecule has 1 aliphatic carbocycles. The summed E-state index contributed by atoms with van der Waals surface area (Å²) in [6.07, 6.45) is 1.82. The van der Waals surface area contributed by atoms with Crippen molar-refractivity contribution in [2.45, 2.75) is 27.7 Å². The molecule has 2 nitrogen and oxygen atoms in total. The number of halogens is 1. The SMILES string of the molecule is CC1(C)C(CNc2ccc(Br)cn2)C1(C)C. The van der Waals surface area contributed by atoms with Crippen molar-refractivity contribution in [3.05, 3.63) is 22.8 Å². The molecule has 0 atom stereocenters. The zero-order valence-corrected chi connectivity index (χ0v) is 11.9. The summed E-state index contributed by atoms with van der Waals surface area (Å²) < 4.78 is 1.02. The fourth-order valence-electron chi connectivity index (χ4n) is 2.53. The van der Waals surface area contributed by atoms with Crippen LogP contribution in [0.4, 0.5) is 5.82 Å². The first-order valence-electron chi connectivity index (χ1n) is 5.71. The quantitative estimate of drug-likeness (QED) is 0.909. The Morgan fingerprint density at radius 1 is 1.25 bits per heavy atom. The number of hydrogen-bond donors (Lipinski definition) is 1. The average Bonchev–Trinajstić information content (AvgIpc) is 2.58. The summed E-state index contributed by atoms with van der Waals surface area (Å²) in [7, 11) is 0. The predicted molar refractivity (Wildman–Crippen MR) is 71.5 cm³/mol. The Morgan fingerprint density at radius 2 is 1.88 bits per heavy atom. The second kappa shape index (κ2) is 3.73. The lowest BCUT2D eigenvalue weighted by molar-refractivity contribution is 0.457. The zero-order chi connectivity index (χ0) is 12.0. The molecule has 0 saturated heterocycles. The van der Waals surface area contributed by atoms with Crippen LogP contribution in [-0.2, 0) is 0 Å². The van der Waals surface area contributed by atoms with Crippen LogP contribution in [0, 0.1) is 16.7 Å². The predicted octanol–water partition coefficient (Wildman–Crippen LogP) is 3.94. The largest absolute Gasteiger partial charge is 0.370 e. The van der Waals surface area contributed by atoms with Gasteiger partial charge in [0.1, 0.15) is 5.82 Å². The summed E-state index contributed by atoms with van der Waals surface area (Å²) in [6.45, 7) is 10.4. The molecule has 1 N–H and O–H groups in total. The second-order valence-corrected chi connectivity index (χ2v) is 6.65. The van der Waals surface area contributed by atoms with Gasteiger partial charge in [0, 0.05) is 17.2 Å². The van der Waals surface area contributed by atoms with Gasteiger partial charge < -0.3 is 5.32 Å². The van der Waals surface area contributed by atoms with E-state index < -0.39 is 0 Å². The van der Waals surface area contributed by atoms with Crippen LogP contribution in [0.1, 0.15) is 27.7 Å². The van der Waals surface area contributed by atoms with Crippen molar-refractivity contribution < 1.29 is 0 Å². The highest BCUT2D eigenvalue weighted by atomic mass is 79.9. The molecular weight excluding hydrogens is 264 g/mol. The third-order valence-corrected chi connectivity index (χ3v) is 5.00. The van der Waals surface area contributed by atoms with Gasteiger partial charge in [-0.05, 0) is 44.8 Å². The normalized spacial score (nSPS) is 21.8. The number of hydrogen-bond acceptors (Lipinski definition) is 2. The molecule has 0 aromatic carbocycles. The van der Waals surface area contributed by atoms with E-state index in [1.54, 1.807) is 0 Å². The van der Waals surface area contributed by atoms with Crippen LogP contribution >= 0.6 is 15.9 Å². The molecule has 1 aromatic rings. The molecule has 1 heterocycles. The monoisotopic (exact) mass is 282 g/mol. The Balaban J connectivity index is 1.93. The van der Waals surface area contributed by atoms with Gasteiger partial charge in [-0.3, -0.25) is 0 Å². The first-order chi connectivity index (χ1) is 7.35. The van der Waals surface area contributed by atoms with Gasteiger partial charge in [-0.2, -0.15) is 0 Å². The summed E-state index contributed by atoms with van der Waals surface area (Å²) in [5.41, 5.74) is 0.880. The molecule has 1 aliphatic rings. The Hall–Kier alpha value is -0.570. The van der Waals surface area contributed by atoms with Gasteiger partial charge in [-0.15, -0.1) is 0 Å². The molecular formula is C13H19BrN2. The van der Waals surface area contributed by atoms with Crippen LogP contribution in [0.15, 0.2) is 22.8 Å². The van der Waals surface area contributed by atoms with Crippen LogP contribution in [0.5, 0.6) is 0 Å². The van der Waals surface area contributed by atoms with Crippen LogP contribution in [0.25, 0.3) is 0 Å². The molecule has 0 unspecified atom stereocenters. The van der Waals surface area contributed by atoms with Crippen molar-refractivity contribution in [1.82, 2.24) is 4.98 Å². The zero-order valence-electron chi connectivity index (χ0n) is 10.3. The van der Waals surface area contributed by atoms with Crippen LogP contribution in [-0.4, -0.2) is 11.5 Å². The summed E-state index contributed by atoms with van der Waals surface area (Å²) in [4.78, 5) is 4.32. The Bertz CT molecular complexity index is 367. The van der Waals surface area contributed by atoms with E-state index >= 15 is 0 Å². The van der Waals surface area contributed by atoms with Gasteiger partial charge in [0.25, 0.3) is 0 Å². The molecule has 1 saturated carbocycles. The summed E-state index contributed by atoms with van der Waals surface area (Å²) in [5, 5.41) is 3.41. The van der Waals surface area contributed by atoms with Crippen LogP contribution in [0.2, 0.25) is 0 Å². The molecule has 0 spiro atoms. The third-order valence-electron chi connectivity index (χ3n) is 4.53. The number of pyridine rings is 1. The molecule has 0 aliphatic heterocycles. The highest BCUT2D eigenvalue weighted by Crippen LogP contribution is 2.68. The van der Waals surface area contributed by atoms with Crippen molar-refractivity contribution in [2.75, 3.05) is 11.9 Å². The molecule has 1 aromatic heterocycles. The van der Waals surface area contributed by atoms with Crippen LogP contribution in [0.3, 0.4) is 0 Å². The lowest BCUT2D eigenvalue weighted by Gasteiger charge is -2.06. The summed E-state index contributed by atoms with van der Waals surface area (Å²) in [5.74, 6) is 1.69. The van der Waals surface area contributed by atoms with Gasteiger partial charge in [-0.1, -0.05) is 27.7 Å². The van der Waals surface area contributed by atoms with Gasteiger partial charge in [-0.25, -0.2) is 4.98 Å². The van der Waals surface area contributed by atoms with Gasteiger partial charge in [0.15, 0.2) is 0 Å². The number of anilines is 1. The molecule has 0 amide bonds. The smallest absolute Gasteiger partial charge is 0.125 e.